The Morgan fingerprint density at radius 3 is 2.67 bits per heavy atom. The van der Waals surface area contributed by atoms with E-state index in [9.17, 15) is 9.36 Å². The number of aliphatic imine (C=N–C) groups is 1. The Hall–Kier alpha value is -3.53. The van der Waals surface area contributed by atoms with E-state index in [1.165, 1.54) is 6.33 Å². The van der Waals surface area contributed by atoms with Gasteiger partial charge in [0.15, 0.2) is 17.5 Å². The number of aromatic nitrogens is 3. The molecule has 0 fully saturated rings. The van der Waals surface area contributed by atoms with Crippen LogP contribution in [0.15, 0.2) is 59.5 Å². The van der Waals surface area contributed by atoms with Gasteiger partial charge in [-0.2, -0.15) is 5.10 Å². The number of hydrogen-bond acceptors (Lipinski definition) is 10. The monoisotopic (exact) mass is 572 g/mol. The van der Waals surface area contributed by atoms with Crippen molar-refractivity contribution in [1.82, 2.24) is 19.7 Å². The Bertz CT molecular complexity index is 1330. The Morgan fingerprint density at radius 2 is 2.00 bits per heavy atom. The van der Waals surface area contributed by atoms with Gasteiger partial charge in [0.25, 0.3) is 0 Å². The molecule has 1 unspecified atom stereocenters. The molecule has 13 heteroatoms. The van der Waals surface area contributed by atoms with Crippen molar-refractivity contribution in [3.05, 3.63) is 60.2 Å². The molecular formula is C27H37N6O6P. The van der Waals surface area contributed by atoms with E-state index in [1.807, 2.05) is 32.0 Å². The topological polar surface area (TPSA) is 152 Å². The van der Waals surface area contributed by atoms with Crippen molar-refractivity contribution in [2.45, 2.75) is 45.8 Å². The van der Waals surface area contributed by atoms with Crippen LogP contribution in [0.3, 0.4) is 0 Å². The first kappa shape index (κ1) is 31.0. The van der Waals surface area contributed by atoms with Gasteiger partial charge in [0.1, 0.15) is 17.6 Å². The van der Waals surface area contributed by atoms with Crippen LogP contribution in [-0.4, -0.2) is 59.7 Å². The van der Waals surface area contributed by atoms with Crippen molar-refractivity contribution in [1.29, 1.82) is 0 Å². The molecule has 0 saturated heterocycles. The van der Waals surface area contributed by atoms with Gasteiger partial charge >= 0.3 is 7.75 Å². The third-order valence-corrected chi connectivity index (χ3v) is 7.47. The van der Waals surface area contributed by atoms with E-state index in [2.05, 4.69) is 26.9 Å². The summed E-state index contributed by atoms with van der Waals surface area (Å²) >= 11 is 0. The molecule has 216 valence electrons. The minimum absolute atomic E-state index is 0.00787. The molecule has 3 atom stereocenters. The van der Waals surface area contributed by atoms with Gasteiger partial charge in [-0.15, -0.1) is 0 Å². The Labute approximate surface area is 234 Å². The predicted molar refractivity (Wildman–Crippen MR) is 153 cm³/mol. The summed E-state index contributed by atoms with van der Waals surface area (Å²) in [6.07, 6.45) is 2.36. The number of rotatable bonds is 18. The highest BCUT2D eigenvalue weighted by Crippen LogP contribution is 2.46. The molecule has 1 aromatic carbocycles. The van der Waals surface area contributed by atoms with Crippen molar-refractivity contribution >= 4 is 31.7 Å². The molecule has 0 radical (unpaired) electrons. The smallest absolute Gasteiger partial charge is 0.459 e. The van der Waals surface area contributed by atoms with Crippen LogP contribution in [0.5, 0.6) is 5.75 Å². The molecule has 0 amide bonds. The molecule has 3 rings (SSSR count). The summed E-state index contributed by atoms with van der Waals surface area (Å²) in [5, 5.41) is 7.19. The second-order valence-corrected chi connectivity index (χ2v) is 10.8. The summed E-state index contributed by atoms with van der Waals surface area (Å²) < 4.78 is 38.9. The molecular weight excluding hydrogens is 535 g/mol. The van der Waals surface area contributed by atoms with Gasteiger partial charge in [0.2, 0.25) is 0 Å². The number of benzene rings is 1. The number of nitrogens with two attached hydrogens (primary N) is 1. The van der Waals surface area contributed by atoms with E-state index in [-0.39, 0.29) is 37.6 Å². The van der Waals surface area contributed by atoms with Gasteiger partial charge in [-0.05, 0) is 56.7 Å². The maximum absolute atomic E-state index is 14.0. The van der Waals surface area contributed by atoms with Crippen molar-refractivity contribution in [2.24, 2.45) is 10.9 Å². The number of hydrogen-bond donors (Lipinski definition) is 2. The van der Waals surface area contributed by atoms with E-state index in [1.54, 1.807) is 41.6 Å². The lowest BCUT2D eigenvalue weighted by Crippen LogP contribution is -2.36. The number of nitrogens with one attached hydrogen (secondary N) is 1. The standard InChI is InChI=1S/C27H37N6O6P/c1-5-36-25(18-34)26(20(2)3)32-40(35,39-21-10-7-6-8-11-21)38-17-16-37-24(12-9-15-29-4)22-13-14-23-27(28)30-19-31-33(22)23/h6-8,10-11,13-14,19-20,24,26H,4-5,9,12,15-17H2,1-3H3,(H,32,35)(H2,28,30,31)/t24-,26+,40?/m1/s1. The first-order valence-electron chi connectivity index (χ1n) is 13.1. The minimum Gasteiger partial charge on any atom is -0.485 e. The van der Waals surface area contributed by atoms with Crippen LogP contribution in [0.25, 0.3) is 5.52 Å². The number of nitrogens with zero attached hydrogens (tertiary/aromatic N) is 4. The first-order chi connectivity index (χ1) is 19.3. The fourth-order valence-corrected chi connectivity index (χ4v) is 5.65. The molecule has 40 heavy (non-hydrogen) atoms. The maximum Gasteiger partial charge on any atom is 0.459 e. The van der Waals surface area contributed by atoms with Gasteiger partial charge in [0.05, 0.1) is 37.7 Å². The fraction of sp³-hybridized carbons (Fsp3) is 0.444. The largest absolute Gasteiger partial charge is 0.485 e. The van der Waals surface area contributed by atoms with Crippen LogP contribution in [0, 0.1) is 5.92 Å². The number of para-hydroxylation sites is 1. The molecule has 0 aliphatic rings. The van der Waals surface area contributed by atoms with E-state index in [0.717, 1.165) is 12.1 Å². The summed E-state index contributed by atoms with van der Waals surface area (Å²) in [7, 11) is -4.01. The second kappa shape index (κ2) is 15.3. The van der Waals surface area contributed by atoms with E-state index in [0.29, 0.717) is 30.0 Å². The number of fused-ring (bicyclic) bond motifs is 1. The molecule has 2 aromatic heterocycles. The highest BCUT2D eigenvalue weighted by atomic mass is 31.2. The average molecular weight is 573 g/mol. The number of anilines is 1. The van der Waals surface area contributed by atoms with Crippen molar-refractivity contribution in [3.8, 4) is 5.75 Å². The molecule has 3 N–H and O–H groups in total. The summed E-state index contributed by atoms with van der Waals surface area (Å²) in [4.78, 5) is 19.6. The van der Waals surface area contributed by atoms with Crippen LogP contribution in [0.4, 0.5) is 5.82 Å². The van der Waals surface area contributed by atoms with Gasteiger partial charge < -0.3 is 24.7 Å². The Kier molecular flexibility index (Phi) is 11.9. The number of carbonyl (C=O) groups excluding carboxylic acids is 1. The van der Waals surface area contributed by atoms with E-state index in [4.69, 9.17) is 24.3 Å². The van der Waals surface area contributed by atoms with Gasteiger partial charge in [-0.3, -0.25) is 4.52 Å². The summed E-state index contributed by atoms with van der Waals surface area (Å²) in [5.41, 5.74) is 7.45. The van der Waals surface area contributed by atoms with Crippen LogP contribution >= 0.6 is 7.75 Å². The fourth-order valence-electron chi connectivity index (χ4n) is 4.00. The minimum atomic E-state index is -4.01. The lowest BCUT2D eigenvalue weighted by atomic mass is 10.0. The van der Waals surface area contributed by atoms with Gasteiger partial charge in [-0.1, -0.05) is 32.0 Å². The van der Waals surface area contributed by atoms with Crippen molar-refractivity contribution < 1.29 is 27.9 Å². The second-order valence-electron chi connectivity index (χ2n) is 9.13. The quantitative estimate of drug-likeness (QED) is 0.0737. The Balaban J connectivity index is 1.76. The molecule has 0 bridgehead atoms. The predicted octanol–water partition coefficient (Wildman–Crippen LogP) is 4.42. The zero-order valence-corrected chi connectivity index (χ0v) is 24.0. The summed E-state index contributed by atoms with van der Waals surface area (Å²) in [6, 6.07) is 11.6. The van der Waals surface area contributed by atoms with Gasteiger partial charge in [-0.25, -0.2) is 23.9 Å². The molecule has 0 aliphatic heterocycles. The molecule has 0 aliphatic carbocycles. The van der Waals surface area contributed by atoms with E-state index < -0.39 is 13.8 Å². The third kappa shape index (κ3) is 8.48. The van der Waals surface area contributed by atoms with Crippen LogP contribution < -0.4 is 15.3 Å². The van der Waals surface area contributed by atoms with Crippen LogP contribution in [0.2, 0.25) is 0 Å². The molecule has 3 aromatic rings. The number of ether oxygens (including phenoxy) is 2. The maximum atomic E-state index is 14.0. The van der Waals surface area contributed by atoms with Crippen LogP contribution in [-0.2, 0) is 23.4 Å². The first-order valence-corrected chi connectivity index (χ1v) is 14.6. The summed E-state index contributed by atoms with van der Waals surface area (Å²) in [5.74, 6) is 2.30. The van der Waals surface area contributed by atoms with Crippen LogP contribution in [0.1, 0.15) is 45.4 Å². The third-order valence-electron chi connectivity index (χ3n) is 5.90. The average Bonchev–Trinajstić information content (AvgIpc) is 3.38. The molecule has 12 nitrogen and oxygen atoms in total. The van der Waals surface area contributed by atoms with Gasteiger partial charge in [0, 0.05) is 6.54 Å². The van der Waals surface area contributed by atoms with E-state index >= 15 is 0 Å². The highest BCUT2D eigenvalue weighted by Gasteiger charge is 2.35. The van der Waals surface area contributed by atoms with Crippen molar-refractivity contribution in [3.63, 3.8) is 0 Å². The van der Waals surface area contributed by atoms with Crippen molar-refractivity contribution in [2.75, 3.05) is 32.1 Å². The molecule has 2 heterocycles. The molecule has 0 spiro atoms. The lowest BCUT2D eigenvalue weighted by molar-refractivity contribution is 0.0213. The normalized spacial score (nSPS) is 14.3. The SMILES string of the molecule is C=NCCC[C@@H](OCCOP(=O)(N[C@H](C(=C=O)OCC)C(C)C)Oc1ccccc1)c1ccc2c(N)ncnn12. The zero-order chi connectivity index (χ0) is 29.0. The molecule has 0 saturated carbocycles. The Morgan fingerprint density at radius 1 is 1.23 bits per heavy atom. The zero-order valence-electron chi connectivity index (χ0n) is 23.1. The summed E-state index contributed by atoms with van der Waals surface area (Å²) in [6.45, 7) is 9.83. The lowest BCUT2D eigenvalue weighted by Gasteiger charge is -2.28. The highest BCUT2D eigenvalue weighted by molar-refractivity contribution is 7.52. The number of nitrogen functional groups attached to an aromatic ring is 1.